The third-order valence-electron chi connectivity index (χ3n) is 3.74. The van der Waals surface area contributed by atoms with Gasteiger partial charge in [0.05, 0.1) is 0 Å². The maximum Gasteiger partial charge on any atom is 0.317 e. The van der Waals surface area contributed by atoms with E-state index in [0.29, 0.717) is 12.1 Å². The van der Waals surface area contributed by atoms with Crippen molar-refractivity contribution < 1.29 is 4.79 Å². The largest absolute Gasteiger partial charge is 0.363 e. The molecule has 21 heavy (non-hydrogen) atoms. The maximum absolute atomic E-state index is 12.3. The Morgan fingerprint density at radius 2 is 1.62 bits per heavy atom. The van der Waals surface area contributed by atoms with Gasteiger partial charge in [-0.15, -0.1) is 0 Å². The number of carbonyl (C=O) groups is 1. The molecule has 0 spiro atoms. The fraction of sp³-hybridized carbons (Fsp3) is 0.588. The summed E-state index contributed by atoms with van der Waals surface area (Å²) in [6, 6.07) is 11.1. The first-order valence-corrected chi connectivity index (χ1v) is 7.68. The van der Waals surface area contributed by atoms with Crippen molar-refractivity contribution in [1.29, 1.82) is 0 Å². The molecule has 0 aliphatic carbocycles. The zero-order valence-electron chi connectivity index (χ0n) is 13.8. The van der Waals surface area contributed by atoms with Crippen LogP contribution in [0.3, 0.4) is 0 Å². The SMILES string of the molecule is CC1CN(C(=O)NC(C)(C)C)CC(C)N1c1ccccc1. The monoisotopic (exact) mass is 289 g/mol. The number of para-hydroxylation sites is 1. The summed E-state index contributed by atoms with van der Waals surface area (Å²) in [5.41, 5.74) is 1.04. The highest BCUT2D eigenvalue weighted by Crippen LogP contribution is 2.24. The molecule has 2 unspecified atom stereocenters. The second-order valence-electron chi connectivity index (χ2n) is 7.03. The van der Waals surface area contributed by atoms with Gasteiger partial charge in [-0.1, -0.05) is 18.2 Å². The van der Waals surface area contributed by atoms with Gasteiger partial charge in [0.1, 0.15) is 0 Å². The Kier molecular flexibility index (Phi) is 4.45. The highest BCUT2D eigenvalue weighted by molar-refractivity contribution is 5.75. The van der Waals surface area contributed by atoms with Crippen LogP contribution in [0.25, 0.3) is 0 Å². The molecule has 2 amide bonds. The van der Waals surface area contributed by atoms with Gasteiger partial charge in [-0.3, -0.25) is 0 Å². The van der Waals surface area contributed by atoms with Gasteiger partial charge >= 0.3 is 6.03 Å². The Balaban J connectivity index is 2.07. The topological polar surface area (TPSA) is 35.6 Å². The van der Waals surface area contributed by atoms with E-state index in [1.165, 1.54) is 5.69 Å². The minimum absolute atomic E-state index is 0.0360. The van der Waals surface area contributed by atoms with E-state index in [0.717, 1.165) is 13.1 Å². The molecule has 116 valence electrons. The number of hydrogen-bond acceptors (Lipinski definition) is 2. The van der Waals surface area contributed by atoms with Crippen LogP contribution in [0.2, 0.25) is 0 Å². The van der Waals surface area contributed by atoms with Gasteiger partial charge in [-0.2, -0.15) is 0 Å². The van der Waals surface area contributed by atoms with Crippen LogP contribution in [0.15, 0.2) is 30.3 Å². The fourth-order valence-corrected chi connectivity index (χ4v) is 3.00. The number of piperazine rings is 1. The smallest absolute Gasteiger partial charge is 0.317 e. The van der Waals surface area contributed by atoms with Crippen molar-refractivity contribution in [1.82, 2.24) is 10.2 Å². The average molecular weight is 289 g/mol. The van der Waals surface area contributed by atoms with E-state index in [1.54, 1.807) is 0 Å². The van der Waals surface area contributed by atoms with E-state index in [9.17, 15) is 4.79 Å². The van der Waals surface area contributed by atoms with Crippen molar-refractivity contribution >= 4 is 11.7 Å². The number of urea groups is 1. The minimum atomic E-state index is -0.194. The van der Waals surface area contributed by atoms with E-state index >= 15 is 0 Å². The summed E-state index contributed by atoms with van der Waals surface area (Å²) in [6.07, 6.45) is 0. The summed E-state index contributed by atoms with van der Waals surface area (Å²) in [5.74, 6) is 0. The molecule has 1 heterocycles. The van der Waals surface area contributed by atoms with Gasteiger partial charge in [0.15, 0.2) is 0 Å². The molecule has 1 aromatic carbocycles. The fourth-order valence-electron chi connectivity index (χ4n) is 3.00. The van der Waals surface area contributed by atoms with E-state index in [1.807, 2.05) is 31.7 Å². The Bertz CT molecular complexity index is 469. The first-order valence-electron chi connectivity index (χ1n) is 7.68. The van der Waals surface area contributed by atoms with Crippen LogP contribution in [-0.4, -0.2) is 41.6 Å². The predicted molar refractivity (Wildman–Crippen MR) is 87.7 cm³/mol. The van der Waals surface area contributed by atoms with Gasteiger partial charge in [-0.05, 0) is 46.8 Å². The first-order chi connectivity index (χ1) is 9.78. The number of amides is 2. The van der Waals surface area contributed by atoms with Gasteiger partial charge in [-0.25, -0.2) is 4.79 Å². The summed E-state index contributed by atoms with van der Waals surface area (Å²) in [4.78, 5) is 16.7. The molecule has 0 bridgehead atoms. The van der Waals surface area contributed by atoms with Crippen molar-refractivity contribution in [3.05, 3.63) is 30.3 Å². The summed E-state index contributed by atoms with van der Waals surface area (Å²) in [6.45, 7) is 11.9. The predicted octanol–water partition coefficient (Wildman–Crippen LogP) is 3.09. The lowest BCUT2D eigenvalue weighted by Crippen LogP contribution is -2.61. The van der Waals surface area contributed by atoms with Gasteiger partial charge in [0.25, 0.3) is 0 Å². The Hall–Kier alpha value is -1.71. The molecule has 1 aromatic rings. The number of nitrogens with zero attached hydrogens (tertiary/aromatic N) is 2. The van der Waals surface area contributed by atoms with Crippen LogP contribution >= 0.6 is 0 Å². The highest BCUT2D eigenvalue weighted by atomic mass is 16.2. The second kappa shape index (κ2) is 5.96. The van der Waals surface area contributed by atoms with Crippen LogP contribution in [0.5, 0.6) is 0 Å². The van der Waals surface area contributed by atoms with Gasteiger partial charge in [0.2, 0.25) is 0 Å². The second-order valence-corrected chi connectivity index (χ2v) is 7.03. The van der Waals surface area contributed by atoms with Crippen LogP contribution < -0.4 is 10.2 Å². The lowest BCUT2D eigenvalue weighted by atomic mass is 10.1. The standard InChI is InChI=1S/C17H27N3O/c1-13-11-19(16(21)18-17(3,4)5)12-14(2)20(13)15-9-7-6-8-10-15/h6-10,13-14H,11-12H2,1-5H3,(H,18,21). The molecule has 4 heteroatoms. The third-order valence-corrected chi connectivity index (χ3v) is 3.74. The number of nitrogens with one attached hydrogen (secondary N) is 1. The Morgan fingerprint density at radius 1 is 1.10 bits per heavy atom. The summed E-state index contributed by atoms with van der Waals surface area (Å²) in [7, 11) is 0. The number of benzene rings is 1. The number of rotatable bonds is 1. The number of anilines is 1. The maximum atomic E-state index is 12.3. The van der Waals surface area contributed by atoms with Crippen molar-refractivity contribution in [3.63, 3.8) is 0 Å². The Labute approximate surface area is 128 Å². The van der Waals surface area contributed by atoms with Crippen LogP contribution in [-0.2, 0) is 0 Å². The van der Waals surface area contributed by atoms with Crippen molar-refractivity contribution in [2.75, 3.05) is 18.0 Å². The molecule has 0 saturated carbocycles. The van der Waals surface area contributed by atoms with Gasteiger partial charge in [0, 0.05) is 36.4 Å². The summed E-state index contributed by atoms with van der Waals surface area (Å²) in [5, 5.41) is 3.05. The molecule has 1 saturated heterocycles. The molecule has 1 fully saturated rings. The van der Waals surface area contributed by atoms with E-state index in [2.05, 4.69) is 48.3 Å². The number of hydrogen-bond donors (Lipinski definition) is 1. The third kappa shape index (κ3) is 3.90. The van der Waals surface area contributed by atoms with Crippen molar-refractivity contribution in [3.8, 4) is 0 Å². The summed E-state index contributed by atoms with van der Waals surface area (Å²) >= 11 is 0. The van der Waals surface area contributed by atoms with E-state index in [4.69, 9.17) is 0 Å². The van der Waals surface area contributed by atoms with Crippen LogP contribution in [0.1, 0.15) is 34.6 Å². The number of carbonyl (C=O) groups excluding carboxylic acids is 1. The van der Waals surface area contributed by atoms with Crippen LogP contribution in [0, 0.1) is 0 Å². The molecular weight excluding hydrogens is 262 g/mol. The van der Waals surface area contributed by atoms with Crippen LogP contribution in [0.4, 0.5) is 10.5 Å². The lowest BCUT2D eigenvalue weighted by molar-refractivity contribution is 0.168. The van der Waals surface area contributed by atoms with E-state index < -0.39 is 0 Å². The molecule has 1 aliphatic heterocycles. The summed E-state index contributed by atoms with van der Waals surface area (Å²) < 4.78 is 0. The lowest BCUT2D eigenvalue weighted by Gasteiger charge is -2.46. The molecule has 4 nitrogen and oxygen atoms in total. The van der Waals surface area contributed by atoms with Crippen molar-refractivity contribution in [2.45, 2.75) is 52.2 Å². The quantitative estimate of drug-likeness (QED) is 0.862. The normalized spacial score (nSPS) is 23.1. The molecule has 0 aromatic heterocycles. The average Bonchev–Trinajstić information content (AvgIpc) is 2.37. The molecule has 0 radical (unpaired) electrons. The zero-order chi connectivity index (χ0) is 15.6. The zero-order valence-corrected chi connectivity index (χ0v) is 13.8. The molecule has 2 atom stereocenters. The molecule has 2 rings (SSSR count). The van der Waals surface area contributed by atoms with Gasteiger partial charge < -0.3 is 15.1 Å². The van der Waals surface area contributed by atoms with E-state index in [-0.39, 0.29) is 11.6 Å². The Morgan fingerprint density at radius 3 is 2.10 bits per heavy atom. The highest BCUT2D eigenvalue weighted by Gasteiger charge is 2.32. The molecular formula is C17H27N3O. The molecule has 1 aliphatic rings. The minimum Gasteiger partial charge on any atom is -0.363 e. The van der Waals surface area contributed by atoms with Crippen molar-refractivity contribution in [2.24, 2.45) is 0 Å². The first kappa shape index (κ1) is 15.7. The molecule has 1 N–H and O–H groups in total.